The van der Waals surface area contributed by atoms with Gasteiger partial charge in [-0.1, -0.05) is 18.2 Å². The summed E-state index contributed by atoms with van der Waals surface area (Å²) in [6.07, 6.45) is -2.80. The van der Waals surface area contributed by atoms with E-state index in [9.17, 15) is 13.2 Å². The normalized spacial score (nSPS) is 13.4. The molecule has 1 unspecified atom stereocenters. The Bertz CT molecular complexity index is 577. The fraction of sp³-hybridized carbons (Fsp3) is 0.385. The van der Waals surface area contributed by atoms with E-state index in [-0.39, 0.29) is 5.56 Å². The zero-order valence-electron chi connectivity index (χ0n) is 11.1. The van der Waals surface area contributed by atoms with Crippen LogP contribution in [0.4, 0.5) is 13.2 Å². The Labute approximate surface area is 114 Å². The molecule has 0 saturated heterocycles. The van der Waals surface area contributed by atoms with Crippen LogP contribution in [0.3, 0.4) is 0 Å². The molecule has 2 aromatic rings. The second-order valence-corrected chi connectivity index (χ2v) is 4.55. The van der Waals surface area contributed by atoms with Gasteiger partial charge < -0.3 is 9.88 Å². The predicted molar refractivity (Wildman–Crippen MR) is 67.7 cm³/mol. The van der Waals surface area contributed by atoms with E-state index in [1.165, 1.54) is 12.1 Å². The number of aromatic nitrogens is 3. The fourth-order valence-electron chi connectivity index (χ4n) is 1.95. The second kappa shape index (κ2) is 5.62. The molecule has 0 saturated carbocycles. The molecule has 0 aliphatic carbocycles. The largest absolute Gasteiger partial charge is 0.416 e. The number of aryl methyl sites for hydroxylation is 1. The average Bonchev–Trinajstić information content (AvgIpc) is 2.80. The zero-order chi connectivity index (χ0) is 14.8. The van der Waals surface area contributed by atoms with Gasteiger partial charge in [0.25, 0.3) is 0 Å². The van der Waals surface area contributed by atoms with Crippen LogP contribution in [-0.4, -0.2) is 14.8 Å². The predicted octanol–water partition coefficient (Wildman–Crippen LogP) is 2.68. The first-order valence-electron chi connectivity index (χ1n) is 6.12. The Morgan fingerprint density at radius 1 is 1.30 bits per heavy atom. The third kappa shape index (κ3) is 3.16. The van der Waals surface area contributed by atoms with Crippen LogP contribution in [0.25, 0.3) is 0 Å². The highest BCUT2D eigenvalue weighted by atomic mass is 19.4. The maximum atomic E-state index is 12.9. The highest BCUT2D eigenvalue weighted by Crippen LogP contribution is 2.34. The fourth-order valence-corrected chi connectivity index (χ4v) is 1.95. The van der Waals surface area contributed by atoms with Crippen molar-refractivity contribution < 1.29 is 13.2 Å². The SMILES string of the molecule is CC(NCc1nncn1C)c1ccccc1C(F)(F)F. The molecular weight excluding hydrogens is 269 g/mol. The Morgan fingerprint density at radius 2 is 2.00 bits per heavy atom. The summed E-state index contributed by atoms with van der Waals surface area (Å²) in [6, 6.07) is 5.13. The van der Waals surface area contributed by atoms with Gasteiger partial charge in [0.15, 0.2) is 0 Å². The number of hydrogen-bond acceptors (Lipinski definition) is 3. The van der Waals surface area contributed by atoms with Gasteiger partial charge in [-0.05, 0) is 18.6 Å². The number of halogens is 3. The topological polar surface area (TPSA) is 42.7 Å². The Morgan fingerprint density at radius 3 is 2.60 bits per heavy atom. The number of hydrogen-bond donors (Lipinski definition) is 1. The highest BCUT2D eigenvalue weighted by Gasteiger charge is 2.34. The van der Waals surface area contributed by atoms with Crippen molar-refractivity contribution in [2.75, 3.05) is 0 Å². The summed E-state index contributed by atoms with van der Waals surface area (Å²) < 4.78 is 40.5. The van der Waals surface area contributed by atoms with Crippen molar-refractivity contribution >= 4 is 0 Å². The van der Waals surface area contributed by atoms with Crippen LogP contribution in [0.1, 0.15) is 29.9 Å². The van der Waals surface area contributed by atoms with Gasteiger partial charge in [0.1, 0.15) is 12.2 Å². The van der Waals surface area contributed by atoms with E-state index < -0.39 is 17.8 Å². The molecule has 108 valence electrons. The molecule has 0 aliphatic rings. The van der Waals surface area contributed by atoms with Crippen LogP contribution < -0.4 is 5.32 Å². The average molecular weight is 284 g/mol. The molecule has 0 amide bonds. The minimum Gasteiger partial charge on any atom is -0.320 e. The number of nitrogens with one attached hydrogen (secondary N) is 1. The molecular formula is C13H15F3N4. The van der Waals surface area contributed by atoms with Crippen molar-refractivity contribution in [3.63, 3.8) is 0 Å². The van der Waals surface area contributed by atoms with Gasteiger partial charge in [0.05, 0.1) is 12.1 Å². The van der Waals surface area contributed by atoms with Gasteiger partial charge in [-0.2, -0.15) is 13.2 Å². The quantitative estimate of drug-likeness (QED) is 0.938. The molecule has 20 heavy (non-hydrogen) atoms. The van der Waals surface area contributed by atoms with Crippen LogP contribution >= 0.6 is 0 Å². The lowest BCUT2D eigenvalue weighted by atomic mass is 10.0. The molecule has 0 aliphatic heterocycles. The first-order chi connectivity index (χ1) is 9.39. The van der Waals surface area contributed by atoms with Gasteiger partial charge >= 0.3 is 6.18 Å². The minimum atomic E-state index is -4.35. The van der Waals surface area contributed by atoms with Crippen molar-refractivity contribution in [3.05, 3.63) is 47.5 Å². The maximum absolute atomic E-state index is 12.9. The van der Waals surface area contributed by atoms with Crippen molar-refractivity contribution in [2.45, 2.75) is 25.7 Å². The Kier molecular flexibility index (Phi) is 4.08. The van der Waals surface area contributed by atoms with Gasteiger partial charge in [-0.15, -0.1) is 10.2 Å². The summed E-state index contributed by atoms with van der Waals surface area (Å²) in [6.45, 7) is 2.05. The molecule has 1 aromatic carbocycles. The summed E-state index contributed by atoms with van der Waals surface area (Å²) in [5, 5.41) is 10.6. The van der Waals surface area contributed by atoms with E-state index in [1.807, 2.05) is 0 Å². The molecule has 4 nitrogen and oxygen atoms in total. The summed E-state index contributed by atoms with van der Waals surface area (Å²) in [5.41, 5.74) is -0.389. The number of rotatable bonds is 4. The van der Waals surface area contributed by atoms with Gasteiger partial charge in [-0.25, -0.2) is 0 Å². The standard InChI is InChI=1S/C13H15F3N4/c1-9(17-7-12-19-18-8-20(12)2)10-5-3-4-6-11(10)13(14,15)16/h3-6,8-9,17H,7H2,1-2H3. The van der Waals surface area contributed by atoms with Crippen molar-refractivity contribution in [1.29, 1.82) is 0 Å². The van der Waals surface area contributed by atoms with Crippen LogP contribution in [0.5, 0.6) is 0 Å². The van der Waals surface area contributed by atoms with E-state index in [0.717, 1.165) is 6.07 Å². The lowest BCUT2D eigenvalue weighted by Gasteiger charge is -2.19. The van der Waals surface area contributed by atoms with Crippen LogP contribution in [-0.2, 0) is 19.8 Å². The van der Waals surface area contributed by atoms with E-state index in [2.05, 4.69) is 15.5 Å². The van der Waals surface area contributed by atoms with Crippen LogP contribution in [0, 0.1) is 0 Å². The maximum Gasteiger partial charge on any atom is 0.416 e. The molecule has 1 atom stereocenters. The summed E-state index contributed by atoms with van der Waals surface area (Å²) >= 11 is 0. The lowest BCUT2D eigenvalue weighted by Crippen LogP contribution is -2.23. The molecule has 1 N–H and O–H groups in total. The van der Waals surface area contributed by atoms with Gasteiger partial charge in [-0.3, -0.25) is 0 Å². The molecule has 0 bridgehead atoms. The van der Waals surface area contributed by atoms with Crippen LogP contribution in [0.2, 0.25) is 0 Å². The second-order valence-electron chi connectivity index (χ2n) is 4.55. The van der Waals surface area contributed by atoms with E-state index >= 15 is 0 Å². The van der Waals surface area contributed by atoms with Crippen molar-refractivity contribution in [2.24, 2.45) is 7.05 Å². The molecule has 0 radical (unpaired) electrons. The highest BCUT2D eigenvalue weighted by molar-refractivity contribution is 5.32. The number of benzene rings is 1. The van der Waals surface area contributed by atoms with Crippen molar-refractivity contribution in [3.8, 4) is 0 Å². The Balaban J connectivity index is 2.14. The van der Waals surface area contributed by atoms with E-state index in [0.29, 0.717) is 12.4 Å². The molecule has 1 heterocycles. The smallest absolute Gasteiger partial charge is 0.320 e. The number of alkyl halides is 3. The molecule has 0 fully saturated rings. The van der Waals surface area contributed by atoms with E-state index in [4.69, 9.17) is 0 Å². The van der Waals surface area contributed by atoms with Gasteiger partial charge in [0.2, 0.25) is 0 Å². The van der Waals surface area contributed by atoms with E-state index in [1.54, 1.807) is 30.9 Å². The summed E-state index contributed by atoms with van der Waals surface area (Å²) in [5.74, 6) is 0.668. The first-order valence-corrected chi connectivity index (χ1v) is 6.12. The van der Waals surface area contributed by atoms with Crippen molar-refractivity contribution in [1.82, 2.24) is 20.1 Å². The zero-order valence-corrected chi connectivity index (χ0v) is 11.1. The third-order valence-corrected chi connectivity index (χ3v) is 3.10. The third-order valence-electron chi connectivity index (χ3n) is 3.10. The lowest BCUT2D eigenvalue weighted by molar-refractivity contribution is -0.138. The summed E-state index contributed by atoms with van der Waals surface area (Å²) in [4.78, 5) is 0. The molecule has 2 rings (SSSR count). The molecule has 7 heteroatoms. The Hall–Kier alpha value is -1.89. The first kappa shape index (κ1) is 14.5. The molecule has 1 aromatic heterocycles. The minimum absolute atomic E-state index is 0.224. The summed E-state index contributed by atoms with van der Waals surface area (Å²) in [7, 11) is 1.78. The monoisotopic (exact) mass is 284 g/mol. The van der Waals surface area contributed by atoms with Gasteiger partial charge in [0, 0.05) is 13.1 Å². The number of nitrogens with zero attached hydrogens (tertiary/aromatic N) is 3. The molecule has 0 spiro atoms. The van der Waals surface area contributed by atoms with Crippen LogP contribution in [0.15, 0.2) is 30.6 Å².